The van der Waals surface area contributed by atoms with Crippen LogP contribution < -0.4 is 10.2 Å². The first-order valence-corrected chi connectivity index (χ1v) is 7.43. The zero-order chi connectivity index (χ0) is 16.9. The Morgan fingerprint density at radius 1 is 0.958 bits per heavy atom. The van der Waals surface area contributed by atoms with Gasteiger partial charge in [0.25, 0.3) is 5.91 Å². The summed E-state index contributed by atoms with van der Waals surface area (Å²) in [6.07, 6.45) is 1.40. The Labute approximate surface area is 139 Å². The number of carbonyl (C=O) groups is 1. The van der Waals surface area contributed by atoms with Crippen molar-refractivity contribution in [1.82, 2.24) is 4.73 Å². The van der Waals surface area contributed by atoms with Gasteiger partial charge in [-0.05, 0) is 42.8 Å². The number of para-hydroxylation sites is 2. The van der Waals surface area contributed by atoms with Crippen molar-refractivity contribution in [2.24, 2.45) is 4.99 Å². The topological polar surface area (TPSA) is 63.8 Å². The number of hydrogen-bond acceptors (Lipinski definition) is 3. The van der Waals surface area contributed by atoms with Crippen molar-refractivity contribution in [3.63, 3.8) is 0 Å². The number of hydrogen-bond donors (Lipinski definition) is 1. The van der Waals surface area contributed by atoms with Crippen LogP contribution in [0.4, 0.5) is 0 Å². The highest BCUT2D eigenvalue weighted by Crippen LogP contribution is 2.27. The lowest BCUT2D eigenvalue weighted by atomic mass is 10.2. The fourth-order valence-corrected chi connectivity index (χ4v) is 2.20. The fraction of sp³-hybridized carbons (Fsp3) is 0.0526. The van der Waals surface area contributed by atoms with E-state index in [0.717, 1.165) is 10.3 Å². The monoisotopic (exact) mass is 320 g/mol. The maximum absolute atomic E-state index is 12.5. The van der Waals surface area contributed by atoms with Gasteiger partial charge in [-0.25, -0.2) is 0 Å². The number of amides is 1. The van der Waals surface area contributed by atoms with Gasteiger partial charge in [0.2, 0.25) is 0 Å². The second kappa shape index (κ2) is 6.83. The molecular weight excluding hydrogens is 304 g/mol. The summed E-state index contributed by atoms with van der Waals surface area (Å²) in [5, 5.41) is 9.69. The van der Waals surface area contributed by atoms with E-state index in [2.05, 4.69) is 4.99 Å². The zero-order valence-corrected chi connectivity index (χ0v) is 13.1. The first kappa shape index (κ1) is 15.6. The van der Waals surface area contributed by atoms with Crippen molar-refractivity contribution < 1.29 is 14.7 Å². The Morgan fingerprint density at radius 3 is 2.38 bits per heavy atom. The van der Waals surface area contributed by atoms with Gasteiger partial charge >= 0.3 is 0 Å². The quantitative estimate of drug-likeness (QED) is 0.750. The van der Waals surface area contributed by atoms with Crippen LogP contribution >= 0.6 is 0 Å². The smallest absolute Gasteiger partial charge is 0.282 e. The van der Waals surface area contributed by atoms with E-state index in [0.29, 0.717) is 17.1 Å². The molecule has 1 aromatic heterocycles. The molecule has 0 fully saturated rings. The molecule has 0 aliphatic heterocycles. The summed E-state index contributed by atoms with van der Waals surface area (Å²) >= 11 is 0. The molecule has 0 aliphatic carbocycles. The minimum absolute atomic E-state index is 0.146. The Morgan fingerprint density at radius 2 is 1.62 bits per heavy atom. The average molecular weight is 320 g/mol. The number of ether oxygens (including phenoxy) is 1. The lowest BCUT2D eigenvalue weighted by molar-refractivity contribution is 0.0985. The van der Waals surface area contributed by atoms with E-state index in [1.54, 1.807) is 42.5 Å². The lowest BCUT2D eigenvalue weighted by Crippen LogP contribution is -2.19. The maximum Gasteiger partial charge on any atom is 0.282 e. The number of rotatable bonds is 3. The maximum atomic E-state index is 12.5. The molecule has 3 aromatic rings. The van der Waals surface area contributed by atoms with Gasteiger partial charge in [0.1, 0.15) is 11.5 Å². The molecule has 0 atom stereocenters. The predicted molar refractivity (Wildman–Crippen MR) is 89.2 cm³/mol. The highest BCUT2D eigenvalue weighted by molar-refractivity contribution is 5.97. The molecule has 1 amide bonds. The third kappa shape index (κ3) is 3.35. The van der Waals surface area contributed by atoms with E-state index < -0.39 is 5.91 Å². The van der Waals surface area contributed by atoms with Crippen LogP contribution in [-0.2, 0) is 0 Å². The van der Waals surface area contributed by atoms with Crippen LogP contribution in [0.3, 0.4) is 0 Å². The normalized spacial score (nSPS) is 11.3. The van der Waals surface area contributed by atoms with Crippen molar-refractivity contribution in [2.45, 2.75) is 6.92 Å². The Balaban J connectivity index is 1.98. The zero-order valence-electron chi connectivity index (χ0n) is 13.1. The molecule has 1 N–H and O–H groups in total. The van der Waals surface area contributed by atoms with Gasteiger partial charge in [-0.1, -0.05) is 36.4 Å². The molecule has 0 radical (unpaired) electrons. The molecule has 0 bridgehead atoms. The molecule has 5 heteroatoms. The molecule has 120 valence electrons. The van der Waals surface area contributed by atoms with Crippen LogP contribution in [0.2, 0.25) is 0 Å². The standard InChI is InChI=1S/C19H16N2O3/c1-14-8-2-4-10-16(14)24-17-11-5-3-9-15(17)19(22)20-18-12-6-7-13-21(18)23/h2-13,23H,1H3. The average Bonchev–Trinajstić information content (AvgIpc) is 2.59. The largest absolute Gasteiger partial charge is 0.456 e. The highest BCUT2D eigenvalue weighted by Gasteiger charge is 2.13. The number of carbonyl (C=O) groups excluding carboxylic acids is 1. The third-order valence-electron chi connectivity index (χ3n) is 3.47. The Kier molecular flexibility index (Phi) is 4.43. The van der Waals surface area contributed by atoms with E-state index in [4.69, 9.17) is 4.74 Å². The van der Waals surface area contributed by atoms with Crippen molar-refractivity contribution >= 4 is 5.91 Å². The minimum Gasteiger partial charge on any atom is -0.456 e. The predicted octanol–water partition coefficient (Wildman–Crippen LogP) is 3.57. The van der Waals surface area contributed by atoms with Gasteiger partial charge < -0.3 is 9.94 Å². The van der Waals surface area contributed by atoms with E-state index in [1.807, 2.05) is 31.2 Å². The SMILES string of the molecule is Cc1ccccc1Oc1ccccc1C(=O)N=c1ccccn1O. The van der Waals surface area contributed by atoms with Crippen LogP contribution in [0.25, 0.3) is 0 Å². The molecule has 5 nitrogen and oxygen atoms in total. The Hall–Kier alpha value is -3.34. The molecule has 3 rings (SSSR count). The molecule has 24 heavy (non-hydrogen) atoms. The summed E-state index contributed by atoms with van der Waals surface area (Å²) in [6, 6.07) is 19.3. The molecule has 0 spiro atoms. The molecular formula is C19H16N2O3. The fourth-order valence-electron chi connectivity index (χ4n) is 2.20. The van der Waals surface area contributed by atoms with Crippen molar-refractivity contribution in [1.29, 1.82) is 0 Å². The number of aryl methyl sites for hydroxylation is 1. The first-order chi connectivity index (χ1) is 11.6. The van der Waals surface area contributed by atoms with E-state index in [9.17, 15) is 10.0 Å². The van der Waals surface area contributed by atoms with Crippen LogP contribution in [0.5, 0.6) is 11.5 Å². The van der Waals surface area contributed by atoms with Gasteiger partial charge in [-0.3, -0.25) is 4.79 Å². The molecule has 2 aromatic carbocycles. The summed E-state index contributed by atoms with van der Waals surface area (Å²) in [5.41, 5.74) is 1.44. The highest BCUT2D eigenvalue weighted by atomic mass is 16.5. The number of nitrogens with zero attached hydrogens (tertiary/aromatic N) is 2. The molecule has 0 saturated heterocycles. The van der Waals surface area contributed by atoms with Gasteiger partial charge in [0.05, 0.1) is 5.56 Å². The number of aromatic nitrogens is 1. The number of pyridine rings is 1. The molecule has 0 unspecified atom stereocenters. The second-order valence-corrected chi connectivity index (χ2v) is 5.18. The van der Waals surface area contributed by atoms with Crippen LogP contribution in [0.1, 0.15) is 15.9 Å². The van der Waals surface area contributed by atoms with Gasteiger partial charge in [0, 0.05) is 6.20 Å². The molecule has 0 saturated carbocycles. The number of benzene rings is 2. The van der Waals surface area contributed by atoms with Crippen LogP contribution in [0.15, 0.2) is 77.9 Å². The molecule has 1 heterocycles. The van der Waals surface area contributed by atoms with Crippen molar-refractivity contribution in [3.8, 4) is 11.5 Å². The van der Waals surface area contributed by atoms with E-state index in [-0.39, 0.29) is 5.49 Å². The van der Waals surface area contributed by atoms with Crippen molar-refractivity contribution in [3.05, 3.63) is 89.5 Å². The van der Waals surface area contributed by atoms with Gasteiger partial charge in [0.15, 0.2) is 5.49 Å². The second-order valence-electron chi connectivity index (χ2n) is 5.18. The summed E-state index contributed by atoms with van der Waals surface area (Å²) in [5.74, 6) is 0.601. The lowest BCUT2D eigenvalue weighted by Gasteiger charge is -2.11. The van der Waals surface area contributed by atoms with E-state index >= 15 is 0 Å². The van der Waals surface area contributed by atoms with Gasteiger partial charge in [-0.15, -0.1) is 0 Å². The van der Waals surface area contributed by atoms with Crippen molar-refractivity contribution in [2.75, 3.05) is 0 Å². The third-order valence-corrected chi connectivity index (χ3v) is 3.47. The van der Waals surface area contributed by atoms with Crippen LogP contribution in [0, 0.1) is 6.92 Å². The van der Waals surface area contributed by atoms with E-state index in [1.165, 1.54) is 6.20 Å². The summed E-state index contributed by atoms with van der Waals surface area (Å²) in [6.45, 7) is 1.93. The first-order valence-electron chi connectivity index (χ1n) is 7.43. The summed E-state index contributed by atoms with van der Waals surface area (Å²) in [7, 11) is 0. The van der Waals surface area contributed by atoms with Crippen LogP contribution in [-0.4, -0.2) is 15.8 Å². The Bertz CT molecular complexity index is 945. The minimum atomic E-state index is -0.492. The summed E-state index contributed by atoms with van der Waals surface area (Å²) < 4.78 is 6.67. The summed E-state index contributed by atoms with van der Waals surface area (Å²) in [4.78, 5) is 16.4. The molecule has 0 aliphatic rings. The van der Waals surface area contributed by atoms with Gasteiger partial charge in [-0.2, -0.15) is 9.72 Å².